The summed E-state index contributed by atoms with van der Waals surface area (Å²) in [5.74, 6) is -0.380. The van der Waals surface area contributed by atoms with Crippen LogP contribution < -0.4 is 5.32 Å². The van der Waals surface area contributed by atoms with Gasteiger partial charge in [0.1, 0.15) is 11.1 Å². The summed E-state index contributed by atoms with van der Waals surface area (Å²) in [5, 5.41) is 2.06. The summed E-state index contributed by atoms with van der Waals surface area (Å²) in [6.45, 7) is 4.21. The Hall–Kier alpha value is -2.77. The first-order valence-corrected chi connectivity index (χ1v) is 9.86. The molecule has 0 aliphatic heterocycles. The maximum Gasteiger partial charge on any atom is 0.249 e. The molecule has 140 valence electrons. The number of aromatic nitrogens is 2. The summed E-state index contributed by atoms with van der Waals surface area (Å²) < 4.78 is 41.4. The van der Waals surface area contributed by atoms with Gasteiger partial charge in [-0.2, -0.15) is 0 Å². The summed E-state index contributed by atoms with van der Waals surface area (Å²) in [6, 6.07) is 10.9. The molecule has 0 saturated carbocycles. The van der Waals surface area contributed by atoms with Gasteiger partial charge >= 0.3 is 0 Å². The van der Waals surface area contributed by atoms with Crippen molar-refractivity contribution in [3.8, 4) is 11.3 Å². The highest BCUT2D eigenvalue weighted by Crippen LogP contribution is 2.31. The molecule has 0 aliphatic carbocycles. The second kappa shape index (κ2) is 7.85. The van der Waals surface area contributed by atoms with Gasteiger partial charge in [-0.15, -0.1) is 6.58 Å². The van der Waals surface area contributed by atoms with Crippen molar-refractivity contribution < 1.29 is 12.8 Å². The molecule has 1 aromatic carbocycles. The maximum absolute atomic E-state index is 13.4. The molecule has 3 rings (SSSR count). The second-order valence-corrected chi connectivity index (χ2v) is 7.99. The van der Waals surface area contributed by atoms with E-state index in [0.29, 0.717) is 23.4 Å². The third-order valence-corrected chi connectivity index (χ3v) is 6.14. The normalized spacial score (nSPS) is 12.7. The zero-order valence-electron chi connectivity index (χ0n) is 14.8. The van der Waals surface area contributed by atoms with Crippen LogP contribution in [0.1, 0.15) is 16.4 Å². The summed E-state index contributed by atoms with van der Waals surface area (Å²) in [4.78, 5) is 4.01. The van der Waals surface area contributed by atoms with Crippen molar-refractivity contribution in [3.05, 3.63) is 90.7 Å². The highest BCUT2D eigenvalue weighted by molar-refractivity contribution is 7.90. The zero-order chi connectivity index (χ0) is 19.4. The fourth-order valence-corrected chi connectivity index (χ4v) is 4.62. The van der Waals surface area contributed by atoms with Crippen molar-refractivity contribution in [1.29, 1.82) is 0 Å². The Kier molecular flexibility index (Phi) is 5.53. The van der Waals surface area contributed by atoms with E-state index in [1.165, 1.54) is 28.4 Å². The van der Waals surface area contributed by atoms with Crippen LogP contribution >= 0.6 is 0 Å². The topological polar surface area (TPSA) is 64.0 Å². The third kappa shape index (κ3) is 3.84. The Balaban J connectivity index is 2.16. The molecule has 0 saturated heterocycles. The minimum absolute atomic E-state index is 0.380. The molecule has 0 fully saturated rings. The smallest absolute Gasteiger partial charge is 0.249 e. The van der Waals surface area contributed by atoms with Crippen molar-refractivity contribution in [2.24, 2.45) is 0 Å². The number of pyridine rings is 1. The van der Waals surface area contributed by atoms with Crippen molar-refractivity contribution in [1.82, 2.24) is 14.3 Å². The lowest BCUT2D eigenvalue weighted by Crippen LogP contribution is -2.20. The molecule has 2 aromatic heterocycles. The molecule has 3 aromatic rings. The van der Waals surface area contributed by atoms with Crippen molar-refractivity contribution in [3.63, 3.8) is 0 Å². The standard InChI is InChI=1S/C20H20FN3O2S/c1-3-20(17-5-4-10-23-13-17)27(25,26)24-14-15(12-22-2)11-19(24)16-6-8-18(21)9-7-16/h3-11,13-14,20,22H,1,12H2,2H3. The molecule has 27 heavy (non-hydrogen) atoms. The Labute approximate surface area is 158 Å². The lowest BCUT2D eigenvalue weighted by Gasteiger charge is -2.17. The zero-order valence-corrected chi connectivity index (χ0v) is 15.7. The van der Waals surface area contributed by atoms with Gasteiger partial charge in [0.05, 0.1) is 5.69 Å². The van der Waals surface area contributed by atoms with E-state index in [1.807, 2.05) is 0 Å². The molecule has 0 amide bonds. The van der Waals surface area contributed by atoms with E-state index in [0.717, 1.165) is 5.56 Å². The number of hydrogen-bond donors (Lipinski definition) is 1. The van der Waals surface area contributed by atoms with Crippen LogP contribution in [-0.4, -0.2) is 24.4 Å². The molecule has 7 heteroatoms. The summed E-state index contributed by atoms with van der Waals surface area (Å²) >= 11 is 0. The second-order valence-electron chi connectivity index (χ2n) is 6.05. The minimum Gasteiger partial charge on any atom is -0.316 e. The van der Waals surface area contributed by atoms with Crippen LogP contribution in [0.2, 0.25) is 0 Å². The van der Waals surface area contributed by atoms with Gasteiger partial charge in [-0.25, -0.2) is 16.8 Å². The molecule has 1 N–H and O–H groups in total. The van der Waals surface area contributed by atoms with Gasteiger partial charge in [-0.1, -0.05) is 12.1 Å². The predicted octanol–water partition coefficient (Wildman–Crippen LogP) is 3.51. The molecule has 0 aliphatic rings. The van der Waals surface area contributed by atoms with Gasteiger partial charge in [0.25, 0.3) is 0 Å². The first-order chi connectivity index (χ1) is 13.0. The lowest BCUT2D eigenvalue weighted by molar-refractivity contribution is 0.581. The van der Waals surface area contributed by atoms with E-state index >= 15 is 0 Å². The summed E-state index contributed by atoms with van der Waals surface area (Å²) in [6.07, 6.45) is 6.07. The van der Waals surface area contributed by atoms with Crippen molar-refractivity contribution in [2.45, 2.75) is 11.8 Å². The first-order valence-electron chi connectivity index (χ1n) is 8.36. The van der Waals surface area contributed by atoms with E-state index in [9.17, 15) is 12.8 Å². The van der Waals surface area contributed by atoms with Gasteiger partial charge in [0.2, 0.25) is 10.0 Å². The van der Waals surface area contributed by atoms with E-state index < -0.39 is 15.3 Å². The maximum atomic E-state index is 13.4. The van der Waals surface area contributed by atoms with E-state index in [1.54, 1.807) is 49.8 Å². The molecule has 2 heterocycles. The lowest BCUT2D eigenvalue weighted by atomic mass is 10.1. The predicted molar refractivity (Wildman–Crippen MR) is 104 cm³/mol. The SMILES string of the molecule is C=CC(c1cccnc1)S(=O)(=O)n1cc(CNC)cc1-c1ccc(F)cc1. The molecule has 0 bridgehead atoms. The Morgan fingerprint density at radius 2 is 2.04 bits per heavy atom. The fraction of sp³-hybridized carbons (Fsp3) is 0.150. The number of halogens is 1. The van der Waals surface area contributed by atoms with Crippen LogP contribution in [0.3, 0.4) is 0 Å². The average Bonchev–Trinajstić information content (AvgIpc) is 3.09. The van der Waals surface area contributed by atoms with Crippen molar-refractivity contribution in [2.75, 3.05) is 7.05 Å². The Morgan fingerprint density at radius 1 is 1.30 bits per heavy atom. The van der Waals surface area contributed by atoms with Crippen LogP contribution in [0.25, 0.3) is 11.3 Å². The fourth-order valence-electron chi connectivity index (χ4n) is 2.94. The number of nitrogens with zero attached hydrogens (tertiary/aromatic N) is 2. The molecular weight excluding hydrogens is 365 g/mol. The van der Waals surface area contributed by atoms with Gasteiger partial charge in [0, 0.05) is 25.1 Å². The molecule has 5 nitrogen and oxygen atoms in total. The number of rotatable bonds is 7. The van der Waals surface area contributed by atoms with Gasteiger partial charge in [-0.3, -0.25) is 4.98 Å². The van der Waals surface area contributed by atoms with Crippen LogP contribution in [0.15, 0.2) is 73.7 Å². The average molecular weight is 385 g/mol. The highest BCUT2D eigenvalue weighted by Gasteiger charge is 2.29. The van der Waals surface area contributed by atoms with E-state index in [4.69, 9.17) is 0 Å². The monoisotopic (exact) mass is 385 g/mol. The molecular formula is C20H20FN3O2S. The van der Waals surface area contributed by atoms with Gasteiger partial charge in [-0.05, 0) is 60.1 Å². The highest BCUT2D eigenvalue weighted by atomic mass is 32.2. The largest absolute Gasteiger partial charge is 0.316 e. The van der Waals surface area contributed by atoms with Gasteiger partial charge in [0.15, 0.2) is 0 Å². The van der Waals surface area contributed by atoms with Crippen LogP contribution in [0.4, 0.5) is 4.39 Å². The summed E-state index contributed by atoms with van der Waals surface area (Å²) in [7, 11) is -2.07. The van der Waals surface area contributed by atoms with Crippen LogP contribution in [0, 0.1) is 5.82 Å². The quantitative estimate of drug-likeness (QED) is 0.632. The van der Waals surface area contributed by atoms with Crippen LogP contribution in [0.5, 0.6) is 0 Å². The molecule has 1 unspecified atom stereocenters. The van der Waals surface area contributed by atoms with Crippen molar-refractivity contribution >= 4 is 10.0 Å². The molecule has 0 radical (unpaired) electrons. The minimum atomic E-state index is -3.85. The van der Waals surface area contributed by atoms with E-state index in [-0.39, 0.29) is 5.82 Å². The number of nitrogens with one attached hydrogen (secondary N) is 1. The molecule has 0 spiro atoms. The third-order valence-electron chi connectivity index (χ3n) is 4.19. The van der Waals surface area contributed by atoms with Gasteiger partial charge < -0.3 is 5.32 Å². The Morgan fingerprint density at radius 3 is 2.63 bits per heavy atom. The van der Waals surface area contributed by atoms with E-state index in [2.05, 4.69) is 16.9 Å². The summed E-state index contributed by atoms with van der Waals surface area (Å²) in [5.41, 5.74) is 2.41. The molecule has 1 atom stereocenters. The first kappa shape index (κ1) is 19.0. The number of benzene rings is 1. The Bertz CT molecular complexity index is 1030. The number of hydrogen-bond acceptors (Lipinski definition) is 4. The van der Waals surface area contributed by atoms with Crippen LogP contribution in [-0.2, 0) is 16.6 Å².